The molecule has 28 heteroatoms. The van der Waals surface area contributed by atoms with E-state index < -0.39 is 139 Å². The summed E-state index contributed by atoms with van der Waals surface area (Å²) in [5.74, 6) is -10.2. The summed E-state index contributed by atoms with van der Waals surface area (Å²) >= 11 is 0. The van der Waals surface area contributed by atoms with Crippen molar-refractivity contribution in [2.24, 2.45) is 22.2 Å². The predicted octanol–water partition coefficient (Wildman–Crippen LogP) is -5.89. The normalized spacial score (nSPS) is 24.6. The van der Waals surface area contributed by atoms with Gasteiger partial charge in [-0.15, -0.1) is 0 Å². The number of halogens is 1. The van der Waals surface area contributed by atoms with Crippen LogP contribution < -0.4 is 55.0 Å². The van der Waals surface area contributed by atoms with Crippen molar-refractivity contribution in [3.8, 4) is 0 Å². The number of amides is 6. The maximum Gasteiger partial charge on any atom is 0.330 e. The van der Waals surface area contributed by atoms with E-state index >= 15 is 0 Å². The number of primary amides is 1. The first kappa shape index (κ1) is 47.6. The Kier molecular flexibility index (Phi) is 18.6. The zero-order valence-electron chi connectivity index (χ0n) is 31.0. The predicted molar refractivity (Wildman–Crippen MR) is 203 cm³/mol. The van der Waals surface area contributed by atoms with Crippen LogP contribution in [-0.4, -0.2) is 141 Å². The van der Waals surface area contributed by atoms with Crippen molar-refractivity contribution in [2.75, 3.05) is 31.2 Å². The number of nitrogens with one attached hydrogen (secondary N) is 6. The number of aliphatic imine (C=N–C) groups is 1. The number of aromatic amines is 1. The summed E-state index contributed by atoms with van der Waals surface area (Å²) in [7, 11) is 1.76. The van der Waals surface area contributed by atoms with E-state index in [4.69, 9.17) is 26.7 Å². The maximum absolute atomic E-state index is 13.8. The summed E-state index contributed by atoms with van der Waals surface area (Å²) in [6, 6.07) is -5.92. The molecule has 326 valence electrons. The number of hydrogen-bond donors (Lipinski definition) is 11. The van der Waals surface area contributed by atoms with Crippen molar-refractivity contribution in [1.82, 2.24) is 36.1 Å². The lowest BCUT2D eigenvalue weighted by Gasteiger charge is -2.22. The van der Waals surface area contributed by atoms with Crippen LogP contribution in [0.5, 0.6) is 0 Å². The molecule has 2 saturated heterocycles. The Labute approximate surface area is 340 Å². The van der Waals surface area contributed by atoms with Gasteiger partial charge < -0.3 is 63.5 Å². The van der Waals surface area contributed by atoms with Gasteiger partial charge in [-0.05, 0) is 12.8 Å². The summed E-state index contributed by atoms with van der Waals surface area (Å²) < 4.78 is 25.4. The lowest BCUT2D eigenvalue weighted by Crippen LogP contribution is -2.56. The minimum absolute atomic E-state index is 0.0440. The Bertz CT molecular complexity index is 1900. The molecule has 59 heavy (non-hydrogen) atoms. The quantitative estimate of drug-likeness (QED) is 0.0272. The highest BCUT2D eigenvalue weighted by atomic mass is 33.1. The summed E-state index contributed by atoms with van der Waals surface area (Å²) in [5, 5.41) is 31.1. The van der Waals surface area contributed by atoms with Gasteiger partial charge in [-0.25, -0.2) is 9.59 Å². The second-order valence-electron chi connectivity index (χ2n) is 12.8. The average Bonchev–Trinajstić information content (AvgIpc) is 3.57. The van der Waals surface area contributed by atoms with E-state index in [0.717, 1.165) is 21.6 Å². The van der Waals surface area contributed by atoms with E-state index in [-0.39, 0.29) is 43.3 Å². The number of carbonyl (C=O) groups is 8. The maximum atomic E-state index is 13.8. The third kappa shape index (κ3) is 15.5. The van der Waals surface area contributed by atoms with Crippen LogP contribution in [0, 0.1) is 5.82 Å². The Balaban J connectivity index is 1.71. The van der Waals surface area contributed by atoms with Gasteiger partial charge in [-0.2, -0.15) is 4.39 Å². The van der Waals surface area contributed by atoms with Gasteiger partial charge in [0.15, 0.2) is 5.96 Å². The van der Waals surface area contributed by atoms with Crippen LogP contribution in [0.25, 0.3) is 0 Å². The first-order valence-electron chi connectivity index (χ1n) is 17.6. The lowest BCUT2D eigenvalue weighted by molar-refractivity contribution is -0.154. The van der Waals surface area contributed by atoms with Crippen LogP contribution >= 0.6 is 21.6 Å². The van der Waals surface area contributed by atoms with Crippen LogP contribution in [-0.2, 0) is 47.8 Å². The number of nitrogens with two attached hydrogens (primary N) is 3. The Morgan fingerprint density at radius 2 is 1.69 bits per heavy atom. The molecule has 1 aromatic heterocycles. The van der Waals surface area contributed by atoms with Gasteiger partial charge in [0, 0.05) is 30.9 Å². The molecule has 3 rings (SSSR count). The van der Waals surface area contributed by atoms with E-state index in [9.17, 15) is 62.5 Å². The molecule has 2 aliphatic rings. The molecule has 25 nitrogen and oxygen atoms in total. The molecule has 7 atom stereocenters. The smallest absolute Gasteiger partial charge is 0.330 e. The van der Waals surface area contributed by atoms with Gasteiger partial charge in [-0.1, -0.05) is 21.6 Å². The third-order valence-electron chi connectivity index (χ3n) is 8.31. The topological polar surface area (TPSA) is 401 Å². The number of aromatic nitrogens is 2. The molecule has 0 saturated carbocycles. The number of hydrogen-bond acceptors (Lipinski definition) is 16. The van der Waals surface area contributed by atoms with Crippen molar-refractivity contribution in [2.45, 2.75) is 81.1 Å². The van der Waals surface area contributed by atoms with Gasteiger partial charge in [0.25, 0.3) is 5.56 Å². The van der Waals surface area contributed by atoms with Gasteiger partial charge in [0.2, 0.25) is 41.3 Å². The molecule has 0 aromatic carbocycles. The summed E-state index contributed by atoms with van der Waals surface area (Å²) in [6.07, 6.45) is -4.99. The van der Waals surface area contributed by atoms with Crippen LogP contribution in [0.1, 0.15) is 44.8 Å². The number of esters is 1. The zero-order valence-corrected chi connectivity index (χ0v) is 32.6. The van der Waals surface area contributed by atoms with Crippen molar-refractivity contribution >= 4 is 74.9 Å². The van der Waals surface area contributed by atoms with E-state index in [2.05, 4.69) is 31.6 Å². The van der Waals surface area contributed by atoms with Crippen LogP contribution in [0.3, 0.4) is 0 Å². The number of aliphatic hydroxyl groups is 1. The van der Waals surface area contributed by atoms with E-state index in [1.54, 1.807) is 4.98 Å². The number of carboxylic acids is 1. The van der Waals surface area contributed by atoms with Gasteiger partial charge in [-0.3, -0.25) is 52.9 Å². The molecule has 0 spiro atoms. The molecule has 3 unspecified atom stereocenters. The number of nitrogens with zero attached hydrogens (tertiary/aromatic N) is 2. The lowest BCUT2D eigenvalue weighted by atomic mass is 10.1. The van der Waals surface area contributed by atoms with E-state index in [1.165, 1.54) is 0 Å². The largest absolute Gasteiger partial charge is 0.480 e. The van der Waals surface area contributed by atoms with Gasteiger partial charge in [0.05, 0.1) is 32.2 Å². The van der Waals surface area contributed by atoms with Crippen LogP contribution in [0.4, 0.5) is 4.39 Å². The number of carboxylic acid groups (broad SMARTS) is 1. The van der Waals surface area contributed by atoms with Gasteiger partial charge >= 0.3 is 17.6 Å². The van der Waals surface area contributed by atoms with Crippen molar-refractivity contribution in [1.29, 1.82) is 0 Å². The van der Waals surface area contributed by atoms with Gasteiger partial charge in [0.1, 0.15) is 42.6 Å². The monoisotopic (exact) mass is 877 g/mol. The Morgan fingerprint density at radius 1 is 0.983 bits per heavy atom. The number of carbonyl (C=O) groups excluding carboxylic acids is 7. The van der Waals surface area contributed by atoms with Crippen LogP contribution in [0.15, 0.2) is 20.8 Å². The molecule has 3 heterocycles. The molecule has 6 amide bonds. The number of H-pyrrole nitrogens is 1. The van der Waals surface area contributed by atoms with Crippen molar-refractivity contribution < 1.29 is 62.4 Å². The number of aliphatic carboxylic acids is 1. The highest BCUT2D eigenvalue weighted by Crippen LogP contribution is 2.30. The Morgan fingerprint density at radius 3 is 2.36 bits per heavy atom. The number of guanidine groups is 1. The van der Waals surface area contributed by atoms with Crippen LogP contribution in [0.2, 0.25) is 0 Å². The van der Waals surface area contributed by atoms with E-state index in [1.807, 2.05) is 0 Å². The highest BCUT2D eigenvalue weighted by molar-refractivity contribution is 8.76. The van der Waals surface area contributed by atoms with E-state index in [0.29, 0.717) is 10.8 Å². The first-order chi connectivity index (χ1) is 27.9. The molecular formula is C31H44FN11O14S2. The zero-order chi connectivity index (χ0) is 43.8. The SMILES string of the molecule is NC(=O)CC1NC(=O)C(NC(=O)CCC(=O)O[C@H]2C[C@H](n3cc(F)c(=O)[nH]c3=O)O[C@@H]2CO)CSSCC(C(=O)O)NC(=O)[C@H](CCCN=C(N)N)NC(=O)CNC1=O. The first-order valence-corrected chi connectivity index (χ1v) is 20.1. The molecule has 1 aromatic rings. The molecule has 0 aliphatic carbocycles. The second kappa shape index (κ2) is 23.0. The molecule has 0 bridgehead atoms. The second-order valence-corrected chi connectivity index (χ2v) is 15.4. The average molecular weight is 878 g/mol. The standard InChI is InChI=1S/C31H44FN11O14S2/c32-13-9-43(31(55)42-25(13)49)23-7-18(19(10-44)56-23)57-24(48)4-3-21(46)39-16-11-58-59-12-17(29(53)54)41-27(51)14(2-1-5-36-30(34)35)38-22(47)8-37-26(50)15(6-20(33)45)40-28(16)52/h9,14-19,23,44H,1-8,10-12H2,(H2,33,45)(H,37,50)(H,38,47)(H,39,46)(H,40,52)(H,41,51)(H,53,54)(H4,34,35,36)(H,42,49,55)/t14-,15?,16?,17?,18-,19+,23+/m0/s1. The summed E-state index contributed by atoms with van der Waals surface area (Å²) in [4.78, 5) is 131. The fourth-order valence-electron chi connectivity index (χ4n) is 5.40. The molecule has 14 N–H and O–H groups in total. The highest BCUT2D eigenvalue weighted by Gasteiger charge is 2.39. The molecule has 2 aliphatic heterocycles. The Hall–Kier alpha value is -5.74. The summed E-state index contributed by atoms with van der Waals surface area (Å²) in [5.41, 5.74) is 13.6. The number of ether oxygens (including phenoxy) is 2. The molecular weight excluding hydrogens is 834 g/mol. The fourth-order valence-corrected chi connectivity index (χ4v) is 7.72. The number of rotatable bonds is 14. The van der Waals surface area contributed by atoms with Crippen molar-refractivity contribution in [3.05, 3.63) is 32.9 Å². The number of aliphatic hydroxyl groups excluding tert-OH is 1. The fraction of sp³-hybridized carbons (Fsp3) is 0.581. The minimum Gasteiger partial charge on any atom is -0.480 e. The minimum atomic E-state index is -1.65. The molecule has 0 radical (unpaired) electrons. The molecule has 2 fully saturated rings. The summed E-state index contributed by atoms with van der Waals surface area (Å²) in [6.45, 7) is -1.38. The van der Waals surface area contributed by atoms with Crippen molar-refractivity contribution in [3.63, 3.8) is 0 Å². The third-order valence-corrected chi connectivity index (χ3v) is 10.7.